The molecule has 0 N–H and O–H groups in total. The third-order valence-electron chi connectivity index (χ3n) is 3.30. The van der Waals surface area contributed by atoms with Gasteiger partial charge in [-0.2, -0.15) is 11.8 Å². The molecule has 1 rings (SSSR count). The van der Waals surface area contributed by atoms with E-state index in [-0.39, 0.29) is 6.29 Å². The van der Waals surface area contributed by atoms with E-state index in [0.29, 0.717) is 0 Å². The van der Waals surface area contributed by atoms with E-state index in [2.05, 4.69) is 18.7 Å². The summed E-state index contributed by atoms with van der Waals surface area (Å²) in [7, 11) is 0. The molecule has 0 amide bonds. The third-order valence-corrected chi connectivity index (χ3v) is 4.67. The van der Waals surface area contributed by atoms with E-state index in [1.165, 1.54) is 31.4 Å². The second-order valence-electron chi connectivity index (χ2n) is 4.89. The molecule has 0 spiro atoms. The second kappa shape index (κ2) is 9.23. The molecule has 1 fully saturated rings. The zero-order chi connectivity index (χ0) is 12.5. The Bertz CT molecular complexity index is 176. The molecule has 0 bridgehead atoms. The summed E-state index contributed by atoms with van der Waals surface area (Å²) in [6, 6.07) is 0. The quantitative estimate of drug-likeness (QED) is 0.612. The molecule has 3 heteroatoms. The number of hydrogen-bond acceptors (Lipinski definition) is 3. The van der Waals surface area contributed by atoms with Gasteiger partial charge in [0.05, 0.1) is 0 Å². The Morgan fingerprint density at radius 3 is 2.47 bits per heavy atom. The predicted molar refractivity (Wildman–Crippen MR) is 75.5 cm³/mol. The van der Waals surface area contributed by atoms with E-state index < -0.39 is 0 Å². The van der Waals surface area contributed by atoms with Gasteiger partial charge in [-0.05, 0) is 38.4 Å². The number of thioether (sulfide) groups is 1. The van der Waals surface area contributed by atoms with Crippen LogP contribution in [0, 0.1) is 5.92 Å². The maximum absolute atomic E-state index is 5.56. The SMILES string of the molecule is CCOC(CCSC1CCCC(C)C1)OCC. The van der Waals surface area contributed by atoms with Crippen LogP contribution in [0.1, 0.15) is 52.9 Å². The smallest absolute Gasteiger partial charge is 0.158 e. The maximum atomic E-state index is 5.56. The fraction of sp³-hybridized carbons (Fsp3) is 1.00. The number of ether oxygens (including phenoxy) is 2. The molecule has 1 saturated carbocycles. The largest absolute Gasteiger partial charge is 0.353 e. The molecule has 0 saturated heterocycles. The van der Waals surface area contributed by atoms with Gasteiger partial charge in [0.2, 0.25) is 0 Å². The average molecular weight is 260 g/mol. The van der Waals surface area contributed by atoms with E-state index in [0.717, 1.165) is 30.8 Å². The van der Waals surface area contributed by atoms with Crippen LogP contribution in [0.15, 0.2) is 0 Å². The van der Waals surface area contributed by atoms with Crippen LogP contribution in [0.2, 0.25) is 0 Å². The molecule has 0 radical (unpaired) electrons. The summed E-state index contributed by atoms with van der Waals surface area (Å²) in [6.45, 7) is 7.94. The molecule has 0 aromatic rings. The zero-order valence-electron chi connectivity index (χ0n) is 11.6. The summed E-state index contributed by atoms with van der Waals surface area (Å²) in [4.78, 5) is 0. The van der Waals surface area contributed by atoms with Crippen LogP contribution in [0.5, 0.6) is 0 Å². The minimum atomic E-state index is 0.0125. The molecule has 1 aliphatic carbocycles. The van der Waals surface area contributed by atoms with Crippen molar-refractivity contribution in [2.45, 2.75) is 64.4 Å². The molecule has 102 valence electrons. The van der Waals surface area contributed by atoms with Gasteiger partial charge in [0, 0.05) is 24.9 Å². The van der Waals surface area contributed by atoms with Crippen molar-refractivity contribution in [2.75, 3.05) is 19.0 Å². The first-order chi connectivity index (χ1) is 8.26. The maximum Gasteiger partial charge on any atom is 0.158 e. The summed E-state index contributed by atoms with van der Waals surface area (Å²) in [5.41, 5.74) is 0. The van der Waals surface area contributed by atoms with E-state index in [9.17, 15) is 0 Å². The Balaban J connectivity index is 2.11. The lowest BCUT2D eigenvalue weighted by molar-refractivity contribution is -0.136. The van der Waals surface area contributed by atoms with Crippen molar-refractivity contribution in [3.05, 3.63) is 0 Å². The van der Waals surface area contributed by atoms with Crippen LogP contribution in [-0.2, 0) is 9.47 Å². The molecule has 0 aromatic carbocycles. The van der Waals surface area contributed by atoms with Crippen LogP contribution in [0.4, 0.5) is 0 Å². The fourth-order valence-electron chi connectivity index (χ4n) is 2.45. The summed E-state index contributed by atoms with van der Waals surface area (Å²) in [5.74, 6) is 2.10. The van der Waals surface area contributed by atoms with Gasteiger partial charge in [0.1, 0.15) is 0 Å². The molecule has 17 heavy (non-hydrogen) atoms. The van der Waals surface area contributed by atoms with Crippen molar-refractivity contribution in [3.63, 3.8) is 0 Å². The average Bonchev–Trinajstić information content (AvgIpc) is 2.30. The highest BCUT2D eigenvalue weighted by Crippen LogP contribution is 2.32. The normalized spacial score (nSPS) is 25.4. The Morgan fingerprint density at radius 1 is 1.18 bits per heavy atom. The Labute approximate surface area is 111 Å². The Hall–Kier alpha value is 0.270. The molecule has 0 heterocycles. The zero-order valence-corrected chi connectivity index (χ0v) is 12.4. The van der Waals surface area contributed by atoms with Crippen molar-refractivity contribution in [1.29, 1.82) is 0 Å². The number of rotatable bonds is 8. The second-order valence-corrected chi connectivity index (χ2v) is 6.30. The first-order valence-corrected chi connectivity index (χ1v) is 8.15. The lowest BCUT2D eigenvalue weighted by Crippen LogP contribution is -2.20. The Morgan fingerprint density at radius 2 is 1.88 bits per heavy atom. The standard InChI is InChI=1S/C14H28O2S/c1-4-15-14(16-5-2)9-10-17-13-8-6-7-12(3)11-13/h12-14H,4-11H2,1-3H3. The van der Waals surface area contributed by atoms with Crippen LogP contribution in [0.3, 0.4) is 0 Å². The monoisotopic (exact) mass is 260 g/mol. The van der Waals surface area contributed by atoms with Crippen molar-refractivity contribution >= 4 is 11.8 Å². The highest BCUT2D eigenvalue weighted by molar-refractivity contribution is 7.99. The van der Waals surface area contributed by atoms with E-state index in [1.54, 1.807) is 0 Å². The van der Waals surface area contributed by atoms with Gasteiger partial charge < -0.3 is 9.47 Å². The van der Waals surface area contributed by atoms with E-state index in [4.69, 9.17) is 9.47 Å². The van der Waals surface area contributed by atoms with Crippen molar-refractivity contribution in [3.8, 4) is 0 Å². The van der Waals surface area contributed by atoms with E-state index >= 15 is 0 Å². The fourth-order valence-corrected chi connectivity index (χ4v) is 3.91. The summed E-state index contributed by atoms with van der Waals surface area (Å²) in [5, 5.41) is 0.877. The molecular weight excluding hydrogens is 232 g/mol. The minimum Gasteiger partial charge on any atom is -0.353 e. The van der Waals surface area contributed by atoms with Crippen LogP contribution in [0.25, 0.3) is 0 Å². The van der Waals surface area contributed by atoms with Crippen LogP contribution >= 0.6 is 11.8 Å². The summed E-state index contributed by atoms with van der Waals surface area (Å²) < 4.78 is 11.1. The minimum absolute atomic E-state index is 0.0125. The molecule has 2 atom stereocenters. The molecular formula is C14H28O2S. The summed E-state index contributed by atoms with van der Waals surface area (Å²) >= 11 is 2.12. The van der Waals surface area contributed by atoms with Crippen molar-refractivity contribution < 1.29 is 9.47 Å². The third kappa shape index (κ3) is 6.68. The van der Waals surface area contributed by atoms with Gasteiger partial charge in [-0.15, -0.1) is 0 Å². The predicted octanol–water partition coefficient (Wildman–Crippen LogP) is 4.09. The molecule has 2 nitrogen and oxygen atoms in total. The van der Waals surface area contributed by atoms with E-state index in [1.807, 2.05) is 13.8 Å². The van der Waals surface area contributed by atoms with Crippen molar-refractivity contribution in [2.24, 2.45) is 5.92 Å². The molecule has 1 aliphatic rings. The highest BCUT2D eigenvalue weighted by Gasteiger charge is 2.19. The van der Waals surface area contributed by atoms with Crippen LogP contribution in [-0.4, -0.2) is 30.5 Å². The van der Waals surface area contributed by atoms with Crippen molar-refractivity contribution in [1.82, 2.24) is 0 Å². The first-order valence-electron chi connectivity index (χ1n) is 7.11. The molecule has 0 aromatic heterocycles. The lowest BCUT2D eigenvalue weighted by atomic mass is 9.91. The van der Waals surface area contributed by atoms with Crippen LogP contribution < -0.4 is 0 Å². The molecule has 2 unspecified atom stereocenters. The topological polar surface area (TPSA) is 18.5 Å². The van der Waals surface area contributed by atoms with Gasteiger partial charge in [-0.1, -0.05) is 19.8 Å². The lowest BCUT2D eigenvalue weighted by Gasteiger charge is -2.26. The molecule has 0 aliphatic heterocycles. The van der Waals surface area contributed by atoms with Gasteiger partial charge in [-0.25, -0.2) is 0 Å². The number of hydrogen-bond donors (Lipinski definition) is 0. The van der Waals surface area contributed by atoms with Gasteiger partial charge in [0.15, 0.2) is 6.29 Å². The van der Waals surface area contributed by atoms with Gasteiger partial charge in [-0.3, -0.25) is 0 Å². The first kappa shape index (κ1) is 15.3. The Kier molecular flexibility index (Phi) is 8.33. The van der Waals surface area contributed by atoms with Gasteiger partial charge >= 0.3 is 0 Å². The summed E-state index contributed by atoms with van der Waals surface area (Å²) in [6.07, 6.45) is 6.69. The van der Waals surface area contributed by atoms with Gasteiger partial charge in [0.25, 0.3) is 0 Å². The highest BCUT2D eigenvalue weighted by atomic mass is 32.2.